The molecule has 1 aromatic carbocycles. The van der Waals surface area contributed by atoms with Crippen LogP contribution < -0.4 is 10.2 Å². The molecule has 0 aliphatic carbocycles. The Kier molecular flexibility index (Phi) is 8.75. The first kappa shape index (κ1) is 24.8. The molecule has 0 spiro atoms. The number of anilines is 1. The van der Waals surface area contributed by atoms with Crippen molar-refractivity contribution >= 4 is 35.6 Å². The van der Waals surface area contributed by atoms with Gasteiger partial charge in [-0.1, -0.05) is 12.1 Å². The van der Waals surface area contributed by atoms with Gasteiger partial charge < -0.3 is 24.4 Å². The summed E-state index contributed by atoms with van der Waals surface area (Å²) < 4.78 is 7.80. The van der Waals surface area contributed by atoms with Crippen molar-refractivity contribution in [1.82, 2.24) is 25.0 Å². The lowest BCUT2D eigenvalue weighted by atomic mass is 10.1. The summed E-state index contributed by atoms with van der Waals surface area (Å²) in [6.45, 7) is 12.3. The highest BCUT2D eigenvalue weighted by atomic mass is 127. The van der Waals surface area contributed by atoms with Gasteiger partial charge in [0.15, 0.2) is 11.8 Å². The predicted molar refractivity (Wildman–Crippen MR) is 139 cm³/mol. The maximum Gasteiger partial charge on any atom is 0.194 e. The molecule has 1 unspecified atom stereocenters. The van der Waals surface area contributed by atoms with Crippen LogP contribution in [0.3, 0.4) is 0 Å². The largest absolute Gasteiger partial charge is 0.376 e. The lowest BCUT2D eigenvalue weighted by Gasteiger charge is -2.38. The molecule has 9 heteroatoms. The number of hydrogen-bond acceptors (Lipinski definition) is 5. The normalized spacial score (nSPS) is 19.2. The van der Waals surface area contributed by atoms with E-state index in [-0.39, 0.29) is 30.1 Å². The Bertz CT molecular complexity index is 915. The summed E-state index contributed by atoms with van der Waals surface area (Å²) in [6.07, 6.45) is 2.54. The monoisotopic (exact) mass is 553 g/mol. The Morgan fingerprint density at radius 2 is 1.94 bits per heavy atom. The molecule has 0 radical (unpaired) electrons. The number of halogens is 1. The van der Waals surface area contributed by atoms with E-state index in [4.69, 9.17) is 9.73 Å². The number of ether oxygens (including phenoxy) is 1. The maximum absolute atomic E-state index is 5.80. The molecular weight excluding hydrogens is 517 g/mol. The third-order valence-corrected chi connectivity index (χ3v) is 6.35. The molecule has 2 aromatic rings. The van der Waals surface area contributed by atoms with Gasteiger partial charge in [-0.05, 0) is 50.8 Å². The van der Waals surface area contributed by atoms with Gasteiger partial charge in [0, 0.05) is 52.1 Å². The molecule has 0 amide bonds. The van der Waals surface area contributed by atoms with Gasteiger partial charge in [-0.15, -0.1) is 34.2 Å². The van der Waals surface area contributed by atoms with Gasteiger partial charge in [0.2, 0.25) is 0 Å². The smallest absolute Gasteiger partial charge is 0.194 e. The maximum atomic E-state index is 5.80. The summed E-state index contributed by atoms with van der Waals surface area (Å²) in [5, 5.41) is 12.0. The Balaban J connectivity index is 0.00000289. The zero-order valence-electron chi connectivity index (χ0n) is 19.7. The molecule has 4 rings (SSSR count). The minimum Gasteiger partial charge on any atom is -0.376 e. The third kappa shape index (κ3) is 5.92. The zero-order valence-corrected chi connectivity index (χ0v) is 22.0. The van der Waals surface area contributed by atoms with E-state index < -0.39 is 0 Å². The molecule has 32 heavy (non-hydrogen) atoms. The number of guanidine groups is 1. The molecule has 0 saturated carbocycles. The number of piperazine rings is 1. The number of hydrogen-bond donors (Lipinski definition) is 1. The quantitative estimate of drug-likeness (QED) is 0.349. The van der Waals surface area contributed by atoms with Gasteiger partial charge in [0.05, 0.1) is 6.10 Å². The van der Waals surface area contributed by atoms with Gasteiger partial charge in [-0.25, -0.2) is 4.99 Å². The van der Waals surface area contributed by atoms with E-state index in [1.165, 1.54) is 16.8 Å². The number of rotatable bonds is 5. The fourth-order valence-corrected chi connectivity index (χ4v) is 4.23. The Morgan fingerprint density at radius 3 is 2.59 bits per heavy atom. The number of aromatic nitrogens is 3. The average Bonchev–Trinajstić information content (AvgIpc) is 3.41. The highest BCUT2D eigenvalue weighted by Gasteiger charge is 2.23. The predicted octanol–water partition coefficient (Wildman–Crippen LogP) is 2.81. The van der Waals surface area contributed by atoms with E-state index >= 15 is 0 Å². The van der Waals surface area contributed by atoms with Crippen LogP contribution in [0.1, 0.15) is 35.6 Å². The Hall–Kier alpha value is -1.88. The topological polar surface area (TPSA) is 70.8 Å². The lowest BCUT2D eigenvalue weighted by Crippen LogP contribution is -2.53. The summed E-state index contributed by atoms with van der Waals surface area (Å²) in [5.41, 5.74) is 3.99. The number of aliphatic imine (C=N–C) groups is 1. The fourth-order valence-electron chi connectivity index (χ4n) is 4.23. The van der Waals surface area contributed by atoms with Crippen molar-refractivity contribution in [2.45, 2.75) is 46.3 Å². The summed E-state index contributed by atoms with van der Waals surface area (Å²) >= 11 is 0. The molecule has 1 N–H and O–H groups in total. The second-order valence-corrected chi connectivity index (χ2v) is 8.64. The summed E-state index contributed by atoms with van der Waals surface area (Å²) in [6, 6.07) is 6.70. The van der Waals surface area contributed by atoms with Crippen molar-refractivity contribution in [3.8, 4) is 0 Å². The highest BCUT2D eigenvalue weighted by molar-refractivity contribution is 14.0. The van der Waals surface area contributed by atoms with Crippen molar-refractivity contribution in [2.24, 2.45) is 12.0 Å². The third-order valence-electron chi connectivity index (χ3n) is 6.35. The molecular formula is C23H36IN7O. The van der Waals surface area contributed by atoms with E-state index in [1.54, 1.807) is 0 Å². The van der Waals surface area contributed by atoms with Crippen LogP contribution in [0.15, 0.2) is 23.2 Å². The van der Waals surface area contributed by atoms with Crippen molar-refractivity contribution in [3.63, 3.8) is 0 Å². The standard InChI is InChI=1S/C23H35N7O.HI/c1-17-7-8-18(2)21(14-17)29-9-11-30(12-10-29)23(24-15-20-6-5-13-31-20)25-16-22-27-26-19(3)28(22)4;/h7-8,14,20H,5-6,9-13,15-16H2,1-4H3,(H,24,25);1H. The lowest BCUT2D eigenvalue weighted by molar-refractivity contribution is 0.113. The second kappa shape index (κ2) is 11.3. The number of nitrogens with zero attached hydrogens (tertiary/aromatic N) is 6. The van der Waals surface area contributed by atoms with Crippen LogP contribution in [0, 0.1) is 20.8 Å². The zero-order chi connectivity index (χ0) is 21.8. The minimum atomic E-state index is 0. The summed E-state index contributed by atoms with van der Waals surface area (Å²) in [7, 11) is 1.99. The molecule has 2 aliphatic rings. The Morgan fingerprint density at radius 1 is 1.16 bits per heavy atom. The first-order valence-corrected chi connectivity index (χ1v) is 11.3. The summed E-state index contributed by atoms with van der Waals surface area (Å²) in [4.78, 5) is 9.77. The van der Waals surface area contributed by atoms with E-state index in [0.717, 1.165) is 69.8 Å². The molecule has 0 bridgehead atoms. The van der Waals surface area contributed by atoms with Crippen molar-refractivity contribution in [1.29, 1.82) is 0 Å². The average molecular weight is 553 g/mol. The minimum absolute atomic E-state index is 0. The molecule has 176 valence electrons. The number of nitrogens with one attached hydrogen (secondary N) is 1. The van der Waals surface area contributed by atoms with Crippen LogP contribution >= 0.6 is 24.0 Å². The Labute approximate surface area is 208 Å². The van der Waals surface area contributed by atoms with Crippen LogP contribution in [0.4, 0.5) is 5.69 Å². The van der Waals surface area contributed by atoms with Gasteiger partial charge in [-0.3, -0.25) is 0 Å². The molecule has 8 nitrogen and oxygen atoms in total. The summed E-state index contributed by atoms with van der Waals surface area (Å²) in [5.74, 6) is 2.72. The van der Waals surface area contributed by atoms with Crippen LogP contribution in [0.5, 0.6) is 0 Å². The van der Waals surface area contributed by atoms with Crippen molar-refractivity contribution in [3.05, 3.63) is 41.0 Å². The van der Waals surface area contributed by atoms with Crippen LogP contribution in [0.2, 0.25) is 0 Å². The van der Waals surface area contributed by atoms with Crippen molar-refractivity contribution in [2.75, 3.05) is 44.2 Å². The second-order valence-electron chi connectivity index (χ2n) is 8.64. The van der Waals surface area contributed by atoms with Gasteiger partial charge in [0.25, 0.3) is 0 Å². The van der Waals surface area contributed by atoms with Gasteiger partial charge in [-0.2, -0.15) is 0 Å². The first-order chi connectivity index (χ1) is 15.0. The fraction of sp³-hybridized carbons (Fsp3) is 0.609. The van der Waals surface area contributed by atoms with Gasteiger partial charge >= 0.3 is 0 Å². The van der Waals surface area contributed by atoms with E-state index in [9.17, 15) is 0 Å². The highest BCUT2D eigenvalue weighted by Crippen LogP contribution is 2.23. The first-order valence-electron chi connectivity index (χ1n) is 11.3. The number of benzene rings is 1. The van der Waals surface area contributed by atoms with E-state index in [1.807, 2.05) is 18.5 Å². The molecule has 2 aliphatic heterocycles. The van der Waals surface area contributed by atoms with E-state index in [2.05, 4.69) is 57.4 Å². The molecule has 1 atom stereocenters. The van der Waals surface area contributed by atoms with Crippen LogP contribution in [0.25, 0.3) is 0 Å². The SMILES string of the molecule is Cc1ccc(C)c(N2CCN(C(=NCc3nnc(C)n3C)NCC3CCCO3)CC2)c1.I. The number of aryl methyl sites for hydroxylation is 3. The van der Waals surface area contributed by atoms with Crippen LogP contribution in [-0.2, 0) is 18.3 Å². The molecule has 2 fully saturated rings. The van der Waals surface area contributed by atoms with E-state index in [0.29, 0.717) is 6.54 Å². The molecule has 3 heterocycles. The van der Waals surface area contributed by atoms with Gasteiger partial charge in [0.1, 0.15) is 12.4 Å². The molecule has 2 saturated heterocycles. The van der Waals surface area contributed by atoms with Crippen molar-refractivity contribution < 1.29 is 4.74 Å². The van der Waals surface area contributed by atoms with Crippen LogP contribution in [-0.4, -0.2) is 71.1 Å². The molecule has 1 aromatic heterocycles.